The number of nitrogens with zero attached hydrogens (tertiary/aromatic N) is 3. The van der Waals surface area contributed by atoms with Crippen molar-refractivity contribution in [3.63, 3.8) is 0 Å². The van der Waals surface area contributed by atoms with Crippen molar-refractivity contribution in [3.05, 3.63) is 61.2 Å². The lowest BCUT2D eigenvalue weighted by Crippen LogP contribution is -2.58. The highest BCUT2D eigenvalue weighted by Gasteiger charge is 2.78. The van der Waals surface area contributed by atoms with E-state index in [1.807, 2.05) is 47.1 Å². The van der Waals surface area contributed by atoms with E-state index in [-0.39, 0.29) is 24.3 Å². The summed E-state index contributed by atoms with van der Waals surface area (Å²) in [4.78, 5) is 49.1. The Morgan fingerprint density at radius 1 is 1.05 bits per heavy atom. The standard InChI is InChI=1S/C34H49N3O4S/c1-6-10-14-22-36(21-9-4)32(41)29-34-18-17-33(5,42-34)27(30(39)35(19-7-2)20-8-3)28(34)31(40)37(29)26(24-38)23-25-15-12-11-13-16-25/h7,9,11-13,15-16,26-29,38H,2,4,6,8,10,14,17-24H2,1,3,5H3/t26-,27+,28+,29?,33-,34?/m1/s1. The first-order valence-corrected chi connectivity index (χ1v) is 16.5. The number of likely N-dealkylation sites (tertiary alicyclic amines) is 1. The Hall–Kier alpha value is -2.58. The zero-order valence-corrected chi connectivity index (χ0v) is 26.5. The fourth-order valence-corrected chi connectivity index (χ4v) is 9.97. The Morgan fingerprint density at radius 2 is 1.71 bits per heavy atom. The number of unbranched alkanes of at least 4 members (excludes halogenated alkanes) is 2. The van der Waals surface area contributed by atoms with Crippen LogP contribution in [0.5, 0.6) is 0 Å². The number of rotatable bonds is 16. The molecule has 1 N–H and O–H groups in total. The molecule has 3 aliphatic rings. The molecule has 1 aromatic rings. The summed E-state index contributed by atoms with van der Waals surface area (Å²) in [6.45, 7) is 15.8. The van der Waals surface area contributed by atoms with Gasteiger partial charge in [0.1, 0.15) is 6.04 Å². The van der Waals surface area contributed by atoms with Crippen LogP contribution in [0.4, 0.5) is 0 Å². The molecule has 8 heteroatoms. The van der Waals surface area contributed by atoms with Crippen molar-refractivity contribution >= 4 is 29.5 Å². The molecule has 6 atom stereocenters. The largest absolute Gasteiger partial charge is 0.394 e. The van der Waals surface area contributed by atoms with E-state index in [0.29, 0.717) is 39.0 Å². The lowest BCUT2D eigenvalue weighted by molar-refractivity contribution is -0.147. The predicted molar refractivity (Wildman–Crippen MR) is 170 cm³/mol. The number of thioether (sulfide) groups is 1. The first-order valence-electron chi connectivity index (χ1n) is 15.7. The third kappa shape index (κ3) is 5.81. The van der Waals surface area contributed by atoms with Gasteiger partial charge in [-0.25, -0.2) is 0 Å². The smallest absolute Gasteiger partial charge is 0.247 e. The van der Waals surface area contributed by atoms with Crippen LogP contribution in [0.25, 0.3) is 0 Å². The van der Waals surface area contributed by atoms with Crippen LogP contribution in [0.2, 0.25) is 0 Å². The molecule has 0 saturated carbocycles. The topological polar surface area (TPSA) is 81.2 Å². The summed E-state index contributed by atoms with van der Waals surface area (Å²) >= 11 is 1.69. The highest BCUT2D eigenvalue weighted by Crippen LogP contribution is 2.72. The van der Waals surface area contributed by atoms with Crippen LogP contribution in [0.1, 0.15) is 64.9 Å². The fraction of sp³-hybridized carbons (Fsp3) is 0.618. The summed E-state index contributed by atoms with van der Waals surface area (Å²) in [5, 5.41) is 10.7. The first-order chi connectivity index (χ1) is 20.2. The lowest BCUT2D eigenvalue weighted by atomic mass is 9.66. The van der Waals surface area contributed by atoms with Crippen LogP contribution in [-0.4, -0.2) is 91.9 Å². The van der Waals surface area contributed by atoms with E-state index in [9.17, 15) is 19.5 Å². The summed E-state index contributed by atoms with van der Waals surface area (Å²) < 4.78 is -1.15. The summed E-state index contributed by atoms with van der Waals surface area (Å²) in [5.41, 5.74) is 0.993. The van der Waals surface area contributed by atoms with Crippen LogP contribution in [0, 0.1) is 11.8 Å². The van der Waals surface area contributed by atoms with Crippen molar-refractivity contribution in [2.45, 2.75) is 87.3 Å². The lowest BCUT2D eigenvalue weighted by Gasteiger charge is -2.39. The van der Waals surface area contributed by atoms with Gasteiger partial charge in [0.25, 0.3) is 0 Å². The number of aliphatic hydroxyl groups excluding tert-OH is 1. The van der Waals surface area contributed by atoms with E-state index in [1.54, 1.807) is 28.8 Å². The van der Waals surface area contributed by atoms with E-state index in [1.165, 1.54) is 0 Å². The molecule has 1 aromatic carbocycles. The van der Waals surface area contributed by atoms with Crippen molar-refractivity contribution in [3.8, 4) is 0 Å². The zero-order valence-electron chi connectivity index (χ0n) is 25.7. The molecule has 3 saturated heterocycles. The maximum Gasteiger partial charge on any atom is 0.247 e. The molecule has 0 aromatic heterocycles. The number of benzene rings is 1. The molecule has 7 nitrogen and oxygen atoms in total. The fourth-order valence-electron chi connectivity index (χ4n) is 7.64. The normalized spacial score (nSPS) is 28.4. The van der Waals surface area contributed by atoms with Crippen molar-refractivity contribution in [2.75, 3.05) is 32.8 Å². The Morgan fingerprint density at radius 3 is 2.31 bits per heavy atom. The number of fused-ring (bicyclic) bond motifs is 1. The number of carbonyl (C=O) groups excluding carboxylic acids is 3. The van der Waals surface area contributed by atoms with Gasteiger partial charge in [-0.05, 0) is 44.6 Å². The summed E-state index contributed by atoms with van der Waals surface area (Å²) in [5.74, 6) is -1.42. The van der Waals surface area contributed by atoms with Gasteiger partial charge in [0.2, 0.25) is 17.7 Å². The molecule has 3 aliphatic heterocycles. The van der Waals surface area contributed by atoms with Crippen LogP contribution in [-0.2, 0) is 20.8 Å². The van der Waals surface area contributed by atoms with Crippen molar-refractivity contribution in [1.82, 2.24) is 14.7 Å². The molecule has 0 aliphatic carbocycles. The van der Waals surface area contributed by atoms with Gasteiger partial charge in [-0.2, -0.15) is 0 Å². The number of carbonyl (C=O) groups is 3. The van der Waals surface area contributed by atoms with Gasteiger partial charge in [0, 0.05) is 30.9 Å². The first kappa shape index (κ1) is 32.3. The van der Waals surface area contributed by atoms with Gasteiger partial charge in [-0.3, -0.25) is 14.4 Å². The van der Waals surface area contributed by atoms with Gasteiger partial charge in [-0.15, -0.1) is 24.9 Å². The minimum Gasteiger partial charge on any atom is -0.394 e. The summed E-state index contributed by atoms with van der Waals surface area (Å²) in [6, 6.07) is 8.48. The SMILES string of the molecule is C=CCN(CCCCC)C(=O)C1N([C@@H](CO)Cc2ccccc2)C(=O)[C@@H]2[C@@H](C(=O)N(CC=C)CCC)[C@@]3(C)CCC12S3. The van der Waals surface area contributed by atoms with Crippen molar-refractivity contribution < 1.29 is 19.5 Å². The third-order valence-corrected chi connectivity index (χ3v) is 11.5. The number of amides is 3. The quantitative estimate of drug-likeness (QED) is 0.221. The Labute approximate surface area is 256 Å². The molecule has 0 radical (unpaired) electrons. The Kier molecular flexibility index (Phi) is 10.6. The highest BCUT2D eigenvalue weighted by atomic mass is 32.2. The average Bonchev–Trinajstić information content (AvgIpc) is 3.56. The molecule has 3 fully saturated rings. The summed E-state index contributed by atoms with van der Waals surface area (Å²) in [6.07, 6.45) is 9.12. The molecular weight excluding hydrogens is 546 g/mol. The van der Waals surface area contributed by atoms with E-state index in [4.69, 9.17) is 0 Å². The van der Waals surface area contributed by atoms with Gasteiger partial charge < -0.3 is 19.8 Å². The van der Waals surface area contributed by atoms with E-state index < -0.39 is 33.4 Å². The highest BCUT2D eigenvalue weighted by molar-refractivity contribution is 8.02. The second-order valence-corrected chi connectivity index (χ2v) is 14.2. The Balaban J connectivity index is 1.80. The predicted octanol–water partition coefficient (Wildman–Crippen LogP) is 4.70. The minimum absolute atomic E-state index is 0.0192. The maximum atomic E-state index is 14.7. The molecule has 2 unspecified atom stereocenters. The number of aliphatic hydroxyl groups is 1. The molecule has 1 spiro atoms. The third-order valence-electron chi connectivity index (χ3n) is 9.48. The molecule has 3 amide bonds. The average molecular weight is 596 g/mol. The van der Waals surface area contributed by atoms with Gasteiger partial charge in [0.15, 0.2) is 0 Å². The van der Waals surface area contributed by atoms with Crippen molar-refractivity contribution in [2.24, 2.45) is 11.8 Å². The van der Waals surface area contributed by atoms with Crippen molar-refractivity contribution in [1.29, 1.82) is 0 Å². The Bertz CT molecular complexity index is 1140. The molecule has 2 bridgehead atoms. The van der Waals surface area contributed by atoms with E-state index >= 15 is 0 Å². The second-order valence-electron chi connectivity index (χ2n) is 12.4. The van der Waals surface area contributed by atoms with E-state index in [2.05, 4.69) is 27.0 Å². The molecule has 230 valence electrons. The number of hydrogen-bond acceptors (Lipinski definition) is 5. The number of hydrogen-bond donors (Lipinski definition) is 1. The van der Waals surface area contributed by atoms with Gasteiger partial charge in [-0.1, -0.05) is 69.2 Å². The van der Waals surface area contributed by atoms with Crippen LogP contribution in [0.3, 0.4) is 0 Å². The van der Waals surface area contributed by atoms with Crippen LogP contribution in [0.15, 0.2) is 55.6 Å². The van der Waals surface area contributed by atoms with E-state index in [0.717, 1.165) is 37.7 Å². The summed E-state index contributed by atoms with van der Waals surface area (Å²) in [7, 11) is 0. The van der Waals surface area contributed by atoms with Gasteiger partial charge >= 0.3 is 0 Å². The second kappa shape index (κ2) is 13.8. The zero-order chi connectivity index (χ0) is 30.5. The molecule has 4 rings (SSSR count). The monoisotopic (exact) mass is 595 g/mol. The minimum atomic E-state index is -0.749. The van der Waals surface area contributed by atoms with Crippen LogP contribution < -0.4 is 0 Å². The molecule has 42 heavy (non-hydrogen) atoms. The van der Waals surface area contributed by atoms with Crippen LogP contribution >= 0.6 is 11.8 Å². The molecule has 3 heterocycles. The van der Waals surface area contributed by atoms with Gasteiger partial charge in [0.05, 0.1) is 29.2 Å². The molecular formula is C34H49N3O4S. The maximum absolute atomic E-state index is 14.7.